The van der Waals surface area contributed by atoms with Crippen molar-refractivity contribution in [2.75, 3.05) is 18.8 Å². The largest absolute Gasteiger partial charge is 0.368 e. The average Bonchev–Trinajstić information content (AvgIpc) is 3.45. The van der Waals surface area contributed by atoms with Crippen LogP contribution in [-0.4, -0.2) is 42.7 Å². The van der Waals surface area contributed by atoms with E-state index >= 15 is 0 Å². The summed E-state index contributed by atoms with van der Waals surface area (Å²) in [5, 5.41) is 4.03. The van der Waals surface area contributed by atoms with Crippen LogP contribution in [0.15, 0.2) is 65.8 Å². The van der Waals surface area contributed by atoms with Crippen molar-refractivity contribution in [1.29, 1.82) is 0 Å². The number of aromatic nitrogens is 5. The molecule has 1 saturated heterocycles. The van der Waals surface area contributed by atoms with Gasteiger partial charge < -0.3 is 14.8 Å². The van der Waals surface area contributed by atoms with Gasteiger partial charge in [0.1, 0.15) is 6.26 Å². The first-order valence-corrected chi connectivity index (χ1v) is 10.1. The molecule has 3 aromatic heterocycles. The predicted octanol–water partition coefficient (Wildman–Crippen LogP) is 3.84. The number of halogens is 1. The van der Waals surface area contributed by atoms with Gasteiger partial charge in [-0.3, -0.25) is 4.90 Å². The number of rotatable bonds is 5. The average molecular weight is 438 g/mol. The normalized spacial score (nSPS) is 15.0. The van der Waals surface area contributed by atoms with Crippen LogP contribution < -0.4 is 5.73 Å². The van der Waals surface area contributed by atoms with Crippen LogP contribution in [0.4, 0.5) is 5.95 Å². The Labute approximate surface area is 186 Å². The topological polar surface area (TPSA) is 98.9 Å². The maximum absolute atomic E-state index is 5.89. The van der Waals surface area contributed by atoms with E-state index in [1.165, 1.54) is 0 Å². The van der Waals surface area contributed by atoms with E-state index < -0.39 is 0 Å². The van der Waals surface area contributed by atoms with Crippen molar-refractivity contribution in [1.82, 2.24) is 29.6 Å². The summed E-state index contributed by atoms with van der Waals surface area (Å²) in [5.41, 5.74) is 10.6. The summed E-state index contributed by atoms with van der Waals surface area (Å²) in [4.78, 5) is 15.7. The van der Waals surface area contributed by atoms with Crippen LogP contribution in [0, 0.1) is 0 Å². The Morgan fingerprint density at radius 1 is 1.03 bits per heavy atom. The molecule has 4 aromatic rings. The molecule has 0 unspecified atom stereocenters. The fourth-order valence-corrected chi connectivity index (χ4v) is 4.11. The number of nitrogens with two attached hydrogens (primary N) is 1. The molecule has 8 nitrogen and oxygen atoms in total. The first-order valence-electron chi connectivity index (χ1n) is 10.1. The van der Waals surface area contributed by atoms with Crippen LogP contribution in [0.1, 0.15) is 24.6 Å². The molecule has 0 amide bonds. The van der Waals surface area contributed by atoms with Gasteiger partial charge in [0, 0.05) is 43.5 Å². The quantitative estimate of drug-likeness (QED) is 0.506. The molecular formula is C22H24ClN7O. The molecule has 1 aromatic carbocycles. The Morgan fingerprint density at radius 2 is 1.84 bits per heavy atom. The van der Waals surface area contributed by atoms with Crippen molar-refractivity contribution in [2.45, 2.75) is 25.4 Å². The molecule has 0 radical (unpaired) electrons. The van der Waals surface area contributed by atoms with Crippen LogP contribution in [0.2, 0.25) is 0 Å². The van der Waals surface area contributed by atoms with Crippen molar-refractivity contribution in [3.05, 3.63) is 66.9 Å². The molecule has 0 spiro atoms. The van der Waals surface area contributed by atoms with Gasteiger partial charge in [-0.15, -0.1) is 12.4 Å². The summed E-state index contributed by atoms with van der Waals surface area (Å²) < 4.78 is 7.22. The minimum Gasteiger partial charge on any atom is -0.368 e. The molecule has 2 N–H and O–H groups in total. The highest BCUT2D eigenvalue weighted by Gasteiger charge is 2.26. The van der Waals surface area contributed by atoms with Crippen molar-refractivity contribution in [3.63, 3.8) is 0 Å². The zero-order valence-corrected chi connectivity index (χ0v) is 17.8. The lowest BCUT2D eigenvalue weighted by molar-refractivity contribution is 0.176. The number of hydrogen-bond donors (Lipinski definition) is 1. The van der Waals surface area contributed by atoms with E-state index in [0.29, 0.717) is 6.04 Å². The second kappa shape index (κ2) is 9.28. The lowest BCUT2D eigenvalue weighted by atomic mass is 10.0. The molecule has 1 aliphatic rings. The first-order chi connectivity index (χ1) is 14.8. The maximum atomic E-state index is 5.89. The molecule has 5 rings (SSSR count). The van der Waals surface area contributed by atoms with Gasteiger partial charge in [0.25, 0.3) is 0 Å². The first kappa shape index (κ1) is 21.0. The summed E-state index contributed by atoms with van der Waals surface area (Å²) in [5.74, 6) is 0.265. The number of piperidine rings is 1. The number of hydrogen-bond acceptors (Lipinski definition) is 7. The van der Waals surface area contributed by atoms with Gasteiger partial charge in [0.05, 0.1) is 29.1 Å². The van der Waals surface area contributed by atoms with Crippen LogP contribution in [0.25, 0.3) is 22.6 Å². The summed E-state index contributed by atoms with van der Waals surface area (Å²) >= 11 is 0. The molecule has 1 aliphatic heterocycles. The molecule has 0 aliphatic carbocycles. The molecule has 9 heteroatoms. The van der Waals surface area contributed by atoms with E-state index in [2.05, 4.69) is 36.7 Å². The number of nitrogens with zero attached hydrogens (tertiary/aromatic N) is 6. The highest BCUT2D eigenvalue weighted by Crippen LogP contribution is 2.35. The molecule has 0 atom stereocenters. The van der Waals surface area contributed by atoms with E-state index in [1.807, 2.05) is 36.7 Å². The van der Waals surface area contributed by atoms with Crippen molar-refractivity contribution in [2.24, 2.45) is 0 Å². The zero-order valence-electron chi connectivity index (χ0n) is 17.0. The van der Waals surface area contributed by atoms with Gasteiger partial charge in [-0.1, -0.05) is 35.5 Å². The highest BCUT2D eigenvalue weighted by atomic mass is 35.5. The van der Waals surface area contributed by atoms with Gasteiger partial charge >= 0.3 is 0 Å². The predicted molar refractivity (Wildman–Crippen MR) is 120 cm³/mol. The van der Waals surface area contributed by atoms with E-state index in [0.717, 1.165) is 60.8 Å². The fourth-order valence-electron chi connectivity index (χ4n) is 4.11. The van der Waals surface area contributed by atoms with Gasteiger partial charge in [-0.25, -0.2) is 15.0 Å². The van der Waals surface area contributed by atoms with Gasteiger partial charge in [-0.2, -0.15) is 0 Å². The van der Waals surface area contributed by atoms with Gasteiger partial charge in [0.15, 0.2) is 0 Å². The lowest BCUT2D eigenvalue weighted by Gasteiger charge is -2.32. The van der Waals surface area contributed by atoms with Crippen molar-refractivity contribution >= 4 is 18.4 Å². The summed E-state index contributed by atoms with van der Waals surface area (Å²) in [6.07, 6.45) is 7.31. The molecule has 31 heavy (non-hydrogen) atoms. The van der Waals surface area contributed by atoms with Crippen LogP contribution in [-0.2, 0) is 6.54 Å². The van der Waals surface area contributed by atoms with Crippen molar-refractivity contribution in [3.8, 4) is 22.6 Å². The third-order valence-electron chi connectivity index (χ3n) is 5.59. The molecule has 160 valence electrons. The molecule has 0 saturated carbocycles. The standard InChI is InChI=1S/C22H23N7O.ClH/c23-22-24-10-6-19(26-22)21-20(16-4-2-1-3-5-16)25-15-29(21)18-7-11-28(12-8-18)14-17-9-13-30-27-17;/h1-6,9-10,13,15,18H,7-8,11-12,14H2,(H2,23,24,26);1H. The number of anilines is 1. The number of benzene rings is 1. The van der Waals surface area contributed by atoms with Crippen LogP contribution in [0.3, 0.4) is 0 Å². The molecule has 1 fully saturated rings. The third-order valence-corrected chi connectivity index (χ3v) is 5.59. The fraction of sp³-hybridized carbons (Fsp3) is 0.273. The number of nitrogen functional groups attached to an aromatic ring is 1. The second-order valence-corrected chi connectivity index (χ2v) is 7.51. The lowest BCUT2D eigenvalue weighted by Crippen LogP contribution is -2.34. The third kappa shape index (κ3) is 4.45. The smallest absolute Gasteiger partial charge is 0.220 e. The van der Waals surface area contributed by atoms with E-state index in [1.54, 1.807) is 12.5 Å². The number of likely N-dealkylation sites (tertiary alicyclic amines) is 1. The Kier molecular flexibility index (Phi) is 6.29. The van der Waals surface area contributed by atoms with Crippen LogP contribution >= 0.6 is 12.4 Å². The van der Waals surface area contributed by atoms with Gasteiger partial charge in [-0.05, 0) is 18.9 Å². The maximum Gasteiger partial charge on any atom is 0.220 e. The zero-order chi connectivity index (χ0) is 20.3. The van der Waals surface area contributed by atoms with Crippen LogP contribution in [0.5, 0.6) is 0 Å². The highest BCUT2D eigenvalue weighted by molar-refractivity contribution is 5.85. The second-order valence-electron chi connectivity index (χ2n) is 7.51. The summed E-state index contributed by atoms with van der Waals surface area (Å²) in [6.45, 7) is 2.79. The van der Waals surface area contributed by atoms with E-state index in [-0.39, 0.29) is 18.4 Å². The minimum atomic E-state index is 0. The Bertz CT molecular complexity index is 1110. The SMILES string of the molecule is Cl.Nc1nccc(-c2c(-c3ccccc3)ncn2C2CCN(Cc3ccon3)CC2)n1. The Morgan fingerprint density at radius 3 is 2.55 bits per heavy atom. The molecule has 0 bridgehead atoms. The Hall–Kier alpha value is -3.23. The van der Waals surface area contributed by atoms with Crippen molar-refractivity contribution < 1.29 is 4.52 Å². The molecule has 4 heterocycles. The summed E-state index contributed by atoms with van der Waals surface area (Å²) in [7, 11) is 0. The van der Waals surface area contributed by atoms with Gasteiger partial charge in [0.2, 0.25) is 5.95 Å². The number of imidazole rings is 1. The van der Waals surface area contributed by atoms with E-state index in [4.69, 9.17) is 15.2 Å². The minimum absolute atomic E-state index is 0. The monoisotopic (exact) mass is 437 g/mol. The summed E-state index contributed by atoms with van der Waals surface area (Å²) in [6, 6.07) is 14.4. The Balaban J connectivity index is 0.00000231. The van der Waals surface area contributed by atoms with E-state index in [9.17, 15) is 0 Å². The molecular weight excluding hydrogens is 414 g/mol.